The van der Waals surface area contributed by atoms with E-state index in [-0.39, 0.29) is 5.41 Å². The minimum absolute atomic E-state index is 0.256. The van der Waals surface area contributed by atoms with Crippen LogP contribution in [0.3, 0.4) is 0 Å². The summed E-state index contributed by atoms with van der Waals surface area (Å²) in [6.45, 7) is 0. The lowest BCUT2D eigenvalue weighted by molar-refractivity contribution is -0.0398. The average Bonchev–Trinajstić information content (AvgIpc) is 3.09. The number of hydrogen-bond acceptors (Lipinski definition) is 0. The van der Waals surface area contributed by atoms with E-state index < -0.39 is 0 Å². The first-order chi connectivity index (χ1) is 14.8. The summed E-state index contributed by atoms with van der Waals surface area (Å²) in [6.07, 6.45) is 7.31. The van der Waals surface area contributed by atoms with Gasteiger partial charge >= 0.3 is 0 Å². The maximum Gasteiger partial charge on any atom is 0.0272 e. The SMILES string of the molecule is c1ccc2c3c(ccc2c1)C1(c2ccc4ccccc4c2-3)C2CC3CC(C2)CC1C3. The molecule has 4 saturated carbocycles. The maximum atomic E-state index is 2.54. The molecule has 0 N–H and O–H groups in total. The van der Waals surface area contributed by atoms with Gasteiger partial charge in [-0.25, -0.2) is 0 Å². The van der Waals surface area contributed by atoms with E-state index in [1.54, 1.807) is 22.3 Å². The third-order valence-corrected chi connectivity index (χ3v) is 9.43. The fraction of sp³-hybridized carbons (Fsp3) is 0.333. The molecule has 4 aromatic rings. The van der Waals surface area contributed by atoms with Crippen LogP contribution in [0.25, 0.3) is 32.7 Å². The lowest BCUT2D eigenvalue weighted by atomic mass is 9.43. The third-order valence-electron chi connectivity index (χ3n) is 9.43. The van der Waals surface area contributed by atoms with Gasteiger partial charge in [-0.05, 0) is 99.6 Å². The lowest BCUT2D eigenvalue weighted by Crippen LogP contribution is -2.55. The van der Waals surface area contributed by atoms with Gasteiger partial charge < -0.3 is 0 Å². The zero-order chi connectivity index (χ0) is 19.4. The molecule has 0 heterocycles. The van der Waals surface area contributed by atoms with E-state index in [2.05, 4.69) is 72.8 Å². The van der Waals surface area contributed by atoms with Crippen LogP contribution in [0.1, 0.15) is 43.2 Å². The molecule has 0 unspecified atom stereocenters. The summed E-state index contributed by atoms with van der Waals surface area (Å²) in [7, 11) is 0. The number of hydrogen-bond donors (Lipinski definition) is 0. The van der Waals surface area contributed by atoms with Crippen molar-refractivity contribution in [3.8, 4) is 11.1 Å². The molecule has 4 fully saturated rings. The molecule has 9 rings (SSSR count). The monoisotopic (exact) mass is 386 g/mol. The van der Waals surface area contributed by atoms with E-state index in [1.807, 2.05) is 0 Å². The van der Waals surface area contributed by atoms with Crippen molar-refractivity contribution in [2.24, 2.45) is 23.7 Å². The largest absolute Gasteiger partial charge is 0.0616 e. The fourth-order valence-electron chi connectivity index (χ4n) is 8.72. The van der Waals surface area contributed by atoms with Gasteiger partial charge in [0.15, 0.2) is 0 Å². The molecule has 5 aliphatic rings. The van der Waals surface area contributed by atoms with Crippen LogP contribution in [-0.2, 0) is 5.41 Å². The zero-order valence-corrected chi connectivity index (χ0v) is 17.3. The van der Waals surface area contributed by atoms with Gasteiger partial charge in [0.05, 0.1) is 0 Å². The van der Waals surface area contributed by atoms with Gasteiger partial charge in [-0.2, -0.15) is 0 Å². The van der Waals surface area contributed by atoms with Crippen LogP contribution in [0.4, 0.5) is 0 Å². The summed E-state index contributed by atoms with van der Waals surface area (Å²) in [6, 6.07) is 28.1. The predicted molar refractivity (Wildman–Crippen MR) is 125 cm³/mol. The Labute approximate surface area is 177 Å². The molecule has 146 valence electrons. The molecule has 0 amide bonds. The normalized spacial score (nSPS) is 29.6. The molecular weight excluding hydrogens is 360 g/mol. The highest BCUT2D eigenvalue weighted by Crippen LogP contribution is 2.70. The summed E-state index contributed by atoms with van der Waals surface area (Å²) >= 11 is 0. The summed E-state index contributed by atoms with van der Waals surface area (Å²) in [5, 5.41) is 5.68. The van der Waals surface area contributed by atoms with Crippen LogP contribution >= 0.6 is 0 Å². The Bertz CT molecular complexity index is 1240. The van der Waals surface area contributed by atoms with E-state index in [9.17, 15) is 0 Å². The second-order valence-corrected chi connectivity index (χ2v) is 10.6. The van der Waals surface area contributed by atoms with Crippen molar-refractivity contribution < 1.29 is 0 Å². The standard InChI is InChI=1S/C30H26/c1-3-7-24-20(5-1)9-11-26-28(24)29-25-8-4-2-6-21(25)10-12-27(29)30(26)22-14-18-13-19(16-22)17-23(30)15-18/h1-12,18-19,22-23H,13-17H2. The highest BCUT2D eigenvalue weighted by Gasteiger charge is 2.61. The van der Waals surface area contributed by atoms with Crippen LogP contribution in [0.15, 0.2) is 72.8 Å². The van der Waals surface area contributed by atoms with Gasteiger partial charge in [-0.3, -0.25) is 0 Å². The first-order valence-electron chi connectivity index (χ1n) is 11.9. The zero-order valence-electron chi connectivity index (χ0n) is 17.3. The molecule has 0 atom stereocenters. The molecule has 0 nitrogen and oxygen atoms in total. The highest BCUT2D eigenvalue weighted by atomic mass is 14.6. The van der Waals surface area contributed by atoms with Crippen molar-refractivity contribution in [3.05, 3.63) is 83.9 Å². The van der Waals surface area contributed by atoms with Crippen LogP contribution in [-0.4, -0.2) is 0 Å². The van der Waals surface area contributed by atoms with Crippen molar-refractivity contribution in [1.29, 1.82) is 0 Å². The van der Waals surface area contributed by atoms with Crippen molar-refractivity contribution in [3.63, 3.8) is 0 Å². The molecule has 0 heteroatoms. The summed E-state index contributed by atoms with van der Waals surface area (Å²) < 4.78 is 0. The predicted octanol–water partition coefficient (Wildman–Crippen LogP) is 7.72. The topological polar surface area (TPSA) is 0 Å². The molecule has 0 saturated heterocycles. The molecular formula is C30H26. The Morgan fingerprint density at radius 3 is 1.47 bits per heavy atom. The fourth-order valence-corrected chi connectivity index (χ4v) is 8.72. The Balaban J connectivity index is 1.56. The summed E-state index contributed by atoms with van der Waals surface area (Å²) in [5.41, 5.74) is 6.72. The third kappa shape index (κ3) is 1.73. The van der Waals surface area contributed by atoms with Gasteiger partial charge in [0.2, 0.25) is 0 Å². The molecule has 1 spiro atoms. The molecule has 4 aromatic carbocycles. The Morgan fingerprint density at radius 2 is 0.967 bits per heavy atom. The van der Waals surface area contributed by atoms with Crippen LogP contribution in [0.5, 0.6) is 0 Å². The van der Waals surface area contributed by atoms with E-state index in [0.717, 1.165) is 23.7 Å². The van der Waals surface area contributed by atoms with E-state index in [1.165, 1.54) is 53.6 Å². The minimum Gasteiger partial charge on any atom is -0.0616 e. The average molecular weight is 387 g/mol. The molecule has 0 radical (unpaired) electrons. The van der Waals surface area contributed by atoms with Crippen molar-refractivity contribution >= 4 is 21.5 Å². The molecule has 5 aliphatic carbocycles. The summed E-state index contributed by atoms with van der Waals surface area (Å²) in [5.74, 6) is 3.64. The maximum absolute atomic E-state index is 2.54. The minimum atomic E-state index is 0.256. The Kier molecular flexibility index (Phi) is 2.88. The molecule has 0 aromatic heterocycles. The van der Waals surface area contributed by atoms with Gasteiger partial charge in [-0.15, -0.1) is 0 Å². The van der Waals surface area contributed by atoms with Crippen LogP contribution in [0, 0.1) is 23.7 Å². The van der Waals surface area contributed by atoms with Crippen molar-refractivity contribution in [2.45, 2.75) is 37.5 Å². The quantitative estimate of drug-likeness (QED) is 0.290. The molecule has 30 heavy (non-hydrogen) atoms. The summed E-state index contributed by atoms with van der Waals surface area (Å²) in [4.78, 5) is 0. The first-order valence-corrected chi connectivity index (χ1v) is 11.9. The van der Waals surface area contributed by atoms with Crippen LogP contribution < -0.4 is 0 Å². The molecule has 4 bridgehead atoms. The number of fused-ring (bicyclic) bond motifs is 7. The van der Waals surface area contributed by atoms with E-state index >= 15 is 0 Å². The molecule has 0 aliphatic heterocycles. The first kappa shape index (κ1) is 16.1. The van der Waals surface area contributed by atoms with Crippen molar-refractivity contribution in [1.82, 2.24) is 0 Å². The van der Waals surface area contributed by atoms with Crippen molar-refractivity contribution in [2.75, 3.05) is 0 Å². The smallest absolute Gasteiger partial charge is 0.0272 e. The number of rotatable bonds is 0. The number of benzene rings is 4. The lowest BCUT2D eigenvalue weighted by Gasteiger charge is -2.61. The van der Waals surface area contributed by atoms with E-state index in [4.69, 9.17) is 0 Å². The Morgan fingerprint density at radius 1 is 0.500 bits per heavy atom. The van der Waals surface area contributed by atoms with Gasteiger partial charge in [-0.1, -0.05) is 72.8 Å². The van der Waals surface area contributed by atoms with E-state index in [0.29, 0.717) is 0 Å². The van der Waals surface area contributed by atoms with Crippen LogP contribution in [0.2, 0.25) is 0 Å². The van der Waals surface area contributed by atoms with Gasteiger partial charge in [0, 0.05) is 5.41 Å². The Hall–Kier alpha value is -2.60. The van der Waals surface area contributed by atoms with Gasteiger partial charge in [0.1, 0.15) is 0 Å². The van der Waals surface area contributed by atoms with Gasteiger partial charge in [0.25, 0.3) is 0 Å². The second kappa shape index (κ2) is 5.35. The highest BCUT2D eigenvalue weighted by molar-refractivity contribution is 6.11. The second-order valence-electron chi connectivity index (χ2n) is 10.6.